The van der Waals surface area contributed by atoms with Crippen molar-refractivity contribution in [2.24, 2.45) is 0 Å². The van der Waals surface area contributed by atoms with Gasteiger partial charge in [-0.05, 0) is 25.0 Å². The molecule has 0 heterocycles. The molecule has 2 rings (SSSR count). The first-order valence-electron chi connectivity index (χ1n) is 5.44. The third kappa shape index (κ3) is 2.28. The van der Waals surface area contributed by atoms with E-state index in [2.05, 4.69) is 6.58 Å². The molecule has 0 spiro atoms. The van der Waals surface area contributed by atoms with E-state index in [0.717, 1.165) is 25.0 Å². The summed E-state index contributed by atoms with van der Waals surface area (Å²) in [5.74, 6) is -1.37. The Morgan fingerprint density at radius 1 is 1.41 bits per heavy atom. The first-order chi connectivity index (χ1) is 8.17. The lowest BCUT2D eigenvalue weighted by Crippen LogP contribution is -2.27. The Bertz CT molecular complexity index is 464. The van der Waals surface area contributed by atoms with E-state index in [1.807, 2.05) is 0 Å². The Hall–Kier alpha value is -1.89. The van der Waals surface area contributed by atoms with Gasteiger partial charge in [-0.2, -0.15) is 5.26 Å². The molecule has 0 amide bonds. The number of rotatable bonds is 4. The molecule has 0 aliphatic heterocycles. The molecular weight excluding hydrogens is 222 g/mol. The molecule has 1 saturated carbocycles. The maximum absolute atomic E-state index is 13.8. The number of nitriles is 1. The van der Waals surface area contributed by atoms with Crippen LogP contribution in [0.15, 0.2) is 24.8 Å². The second-order valence-electron chi connectivity index (χ2n) is 4.07. The summed E-state index contributed by atoms with van der Waals surface area (Å²) in [6.45, 7) is 4.00. The Labute approximate surface area is 98.8 Å². The van der Waals surface area contributed by atoms with E-state index in [1.54, 1.807) is 17.0 Å². The number of halogens is 2. The van der Waals surface area contributed by atoms with Gasteiger partial charge in [0.05, 0.1) is 11.6 Å². The van der Waals surface area contributed by atoms with E-state index in [0.29, 0.717) is 6.54 Å². The summed E-state index contributed by atoms with van der Waals surface area (Å²) >= 11 is 0. The van der Waals surface area contributed by atoms with Crippen LogP contribution < -0.4 is 4.90 Å². The molecule has 88 valence electrons. The third-order valence-electron chi connectivity index (χ3n) is 2.75. The first kappa shape index (κ1) is 11.6. The smallest absolute Gasteiger partial charge is 0.150 e. The SMILES string of the molecule is C=CCN(c1c(F)cc(C#N)cc1F)C1CC1. The van der Waals surface area contributed by atoms with Crippen LogP contribution in [0, 0.1) is 23.0 Å². The van der Waals surface area contributed by atoms with Crippen molar-refractivity contribution in [2.75, 3.05) is 11.4 Å². The maximum Gasteiger partial charge on any atom is 0.150 e. The summed E-state index contributed by atoms with van der Waals surface area (Å²) in [7, 11) is 0. The van der Waals surface area contributed by atoms with Gasteiger partial charge in [-0.1, -0.05) is 6.08 Å². The van der Waals surface area contributed by atoms with E-state index < -0.39 is 11.6 Å². The van der Waals surface area contributed by atoms with Crippen LogP contribution in [0.3, 0.4) is 0 Å². The lowest BCUT2D eigenvalue weighted by atomic mass is 10.2. The largest absolute Gasteiger partial charge is 0.360 e. The van der Waals surface area contributed by atoms with Crippen molar-refractivity contribution >= 4 is 5.69 Å². The number of hydrogen-bond donors (Lipinski definition) is 0. The molecule has 1 fully saturated rings. The van der Waals surface area contributed by atoms with Gasteiger partial charge in [0.15, 0.2) is 11.6 Å². The summed E-state index contributed by atoms with van der Waals surface area (Å²) in [6, 6.07) is 4.05. The van der Waals surface area contributed by atoms with Crippen LogP contribution in [-0.2, 0) is 0 Å². The summed E-state index contributed by atoms with van der Waals surface area (Å²) in [5, 5.41) is 8.63. The van der Waals surface area contributed by atoms with Crippen LogP contribution in [0.1, 0.15) is 18.4 Å². The Morgan fingerprint density at radius 2 is 2.00 bits per heavy atom. The van der Waals surface area contributed by atoms with Crippen molar-refractivity contribution in [3.63, 3.8) is 0 Å². The van der Waals surface area contributed by atoms with E-state index in [9.17, 15) is 8.78 Å². The zero-order chi connectivity index (χ0) is 12.4. The fourth-order valence-electron chi connectivity index (χ4n) is 1.85. The monoisotopic (exact) mass is 234 g/mol. The molecule has 0 unspecified atom stereocenters. The van der Waals surface area contributed by atoms with Crippen molar-refractivity contribution in [3.8, 4) is 6.07 Å². The quantitative estimate of drug-likeness (QED) is 0.749. The Morgan fingerprint density at radius 3 is 2.41 bits per heavy atom. The van der Waals surface area contributed by atoms with Crippen molar-refractivity contribution in [1.29, 1.82) is 5.26 Å². The number of nitrogens with zero attached hydrogens (tertiary/aromatic N) is 2. The molecule has 1 aromatic carbocycles. The molecule has 1 aliphatic carbocycles. The lowest BCUT2D eigenvalue weighted by molar-refractivity contribution is 0.572. The predicted octanol–water partition coefficient (Wildman–Crippen LogP) is 2.99. The Kier molecular flexibility index (Phi) is 3.10. The number of benzene rings is 1. The molecular formula is C13H12F2N2. The minimum Gasteiger partial charge on any atom is -0.360 e. The highest BCUT2D eigenvalue weighted by atomic mass is 19.1. The number of anilines is 1. The van der Waals surface area contributed by atoms with Gasteiger partial charge in [-0.25, -0.2) is 8.78 Å². The second-order valence-corrected chi connectivity index (χ2v) is 4.07. The van der Waals surface area contributed by atoms with Crippen molar-refractivity contribution in [2.45, 2.75) is 18.9 Å². The zero-order valence-electron chi connectivity index (χ0n) is 9.29. The molecule has 0 aromatic heterocycles. The van der Waals surface area contributed by atoms with Crippen LogP contribution in [0.4, 0.5) is 14.5 Å². The number of hydrogen-bond acceptors (Lipinski definition) is 2. The van der Waals surface area contributed by atoms with Crippen LogP contribution in [-0.4, -0.2) is 12.6 Å². The molecule has 1 aromatic rings. The second kappa shape index (κ2) is 4.54. The predicted molar refractivity (Wildman–Crippen MR) is 61.6 cm³/mol. The fraction of sp³-hybridized carbons (Fsp3) is 0.308. The van der Waals surface area contributed by atoms with Gasteiger partial charge in [0, 0.05) is 12.6 Å². The standard InChI is InChI=1S/C13H12F2N2/c1-2-5-17(10-3-4-10)13-11(14)6-9(8-16)7-12(13)15/h2,6-7,10H,1,3-5H2. The summed E-state index contributed by atoms with van der Waals surface area (Å²) in [5.41, 5.74) is -0.0514. The van der Waals surface area contributed by atoms with Gasteiger partial charge in [0.1, 0.15) is 5.69 Å². The van der Waals surface area contributed by atoms with Crippen LogP contribution in [0.5, 0.6) is 0 Å². The van der Waals surface area contributed by atoms with E-state index in [1.165, 1.54) is 0 Å². The van der Waals surface area contributed by atoms with E-state index >= 15 is 0 Å². The highest BCUT2D eigenvalue weighted by Gasteiger charge is 2.31. The normalized spacial score (nSPS) is 14.2. The minimum absolute atomic E-state index is 0.00176. The van der Waals surface area contributed by atoms with Gasteiger partial charge in [-0.15, -0.1) is 6.58 Å². The molecule has 4 heteroatoms. The van der Waals surface area contributed by atoms with Crippen LogP contribution in [0.2, 0.25) is 0 Å². The molecule has 0 atom stereocenters. The molecule has 0 radical (unpaired) electrons. The van der Waals surface area contributed by atoms with Crippen LogP contribution >= 0.6 is 0 Å². The van der Waals surface area contributed by atoms with Gasteiger partial charge in [-0.3, -0.25) is 0 Å². The molecule has 0 saturated heterocycles. The molecule has 2 nitrogen and oxygen atoms in total. The molecule has 17 heavy (non-hydrogen) atoms. The highest BCUT2D eigenvalue weighted by Crippen LogP contribution is 2.35. The van der Waals surface area contributed by atoms with E-state index in [-0.39, 0.29) is 17.3 Å². The molecule has 0 N–H and O–H groups in total. The van der Waals surface area contributed by atoms with Gasteiger partial charge in [0.2, 0.25) is 0 Å². The van der Waals surface area contributed by atoms with Gasteiger partial charge < -0.3 is 4.90 Å². The third-order valence-corrected chi connectivity index (χ3v) is 2.75. The van der Waals surface area contributed by atoms with Crippen molar-refractivity contribution in [3.05, 3.63) is 42.0 Å². The molecule has 1 aliphatic rings. The van der Waals surface area contributed by atoms with Crippen molar-refractivity contribution in [1.82, 2.24) is 0 Å². The van der Waals surface area contributed by atoms with Gasteiger partial charge >= 0.3 is 0 Å². The highest BCUT2D eigenvalue weighted by molar-refractivity contribution is 5.54. The minimum atomic E-state index is -0.685. The summed E-state index contributed by atoms with van der Waals surface area (Å²) in [6.07, 6.45) is 3.49. The summed E-state index contributed by atoms with van der Waals surface area (Å²) < 4.78 is 27.6. The average molecular weight is 234 g/mol. The average Bonchev–Trinajstić information content (AvgIpc) is 3.10. The lowest BCUT2D eigenvalue weighted by Gasteiger charge is -2.24. The van der Waals surface area contributed by atoms with Crippen molar-refractivity contribution < 1.29 is 8.78 Å². The molecule has 0 bridgehead atoms. The fourth-order valence-corrected chi connectivity index (χ4v) is 1.85. The zero-order valence-corrected chi connectivity index (χ0v) is 9.29. The van der Waals surface area contributed by atoms with Gasteiger partial charge in [0.25, 0.3) is 0 Å². The Balaban J connectivity index is 2.42. The topological polar surface area (TPSA) is 27.0 Å². The maximum atomic E-state index is 13.8. The first-order valence-corrected chi connectivity index (χ1v) is 5.44. The van der Waals surface area contributed by atoms with E-state index in [4.69, 9.17) is 5.26 Å². The summed E-state index contributed by atoms with van der Waals surface area (Å²) in [4.78, 5) is 1.67. The van der Waals surface area contributed by atoms with Crippen LogP contribution in [0.25, 0.3) is 0 Å².